The molecule has 0 aliphatic rings. The van der Waals surface area contributed by atoms with Crippen LogP contribution in [0.2, 0.25) is 0 Å². The van der Waals surface area contributed by atoms with Gasteiger partial charge >= 0.3 is 0 Å². The van der Waals surface area contributed by atoms with E-state index in [9.17, 15) is 26.7 Å². The van der Waals surface area contributed by atoms with Crippen LogP contribution in [0.4, 0.5) is 22.0 Å². The molecular weight excluding hydrogens is 223 g/mol. The Morgan fingerprint density at radius 3 is 1.53 bits per heavy atom. The lowest BCUT2D eigenvalue weighted by Gasteiger charge is -2.05. The second kappa shape index (κ2) is 3.81. The second-order valence-corrected chi connectivity index (χ2v) is 2.42. The van der Waals surface area contributed by atoms with Crippen LogP contribution in [0.15, 0.2) is 0 Å². The van der Waals surface area contributed by atoms with E-state index in [0.717, 1.165) is 0 Å². The second-order valence-electron chi connectivity index (χ2n) is 2.42. The number of carbonyl (C=O) groups excluding carboxylic acids is 1. The van der Waals surface area contributed by atoms with Gasteiger partial charge in [0, 0.05) is 0 Å². The van der Waals surface area contributed by atoms with Gasteiger partial charge in [-0.3, -0.25) is 10.2 Å². The predicted octanol–water partition coefficient (Wildman–Crippen LogP) is 0.986. The van der Waals surface area contributed by atoms with E-state index in [4.69, 9.17) is 0 Å². The summed E-state index contributed by atoms with van der Waals surface area (Å²) in [6.07, 6.45) is 0. The zero-order valence-corrected chi connectivity index (χ0v) is 6.88. The van der Waals surface area contributed by atoms with E-state index in [1.165, 1.54) is 5.43 Å². The molecule has 0 unspecified atom stereocenters. The van der Waals surface area contributed by atoms with E-state index >= 15 is 0 Å². The number of carbonyl (C=O) groups is 1. The lowest BCUT2D eigenvalue weighted by Crippen LogP contribution is -2.32. The summed E-state index contributed by atoms with van der Waals surface area (Å²) < 4.78 is 63.1. The molecule has 0 saturated carbocycles. The Kier molecular flexibility index (Phi) is 2.89. The molecule has 0 saturated heterocycles. The minimum Gasteiger partial charge on any atom is -0.290 e. The molecule has 1 aromatic carbocycles. The molecule has 0 radical (unpaired) electrons. The maximum absolute atomic E-state index is 12.8. The number of nitrogen functional groups attached to an aromatic ring is 1. The fourth-order valence-electron chi connectivity index (χ4n) is 0.876. The van der Waals surface area contributed by atoms with Gasteiger partial charge in [-0.15, -0.1) is 0 Å². The van der Waals surface area contributed by atoms with Crippen molar-refractivity contribution in [2.75, 3.05) is 0 Å². The quantitative estimate of drug-likeness (QED) is 0.187. The number of nitrogens with two attached hydrogens (primary N) is 1. The van der Waals surface area contributed by atoms with Gasteiger partial charge in [0.1, 0.15) is 5.56 Å². The topological polar surface area (TPSA) is 55.1 Å². The van der Waals surface area contributed by atoms with Crippen LogP contribution in [-0.2, 0) is 0 Å². The normalized spacial score (nSPS) is 10.3. The molecule has 1 aromatic rings. The third kappa shape index (κ3) is 1.63. The van der Waals surface area contributed by atoms with E-state index in [1.807, 2.05) is 0 Å². The molecule has 0 aliphatic heterocycles. The van der Waals surface area contributed by atoms with Gasteiger partial charge < -0.3 is 0 Å². The first kappa shape index (κ1) is 11.4. The number of hydrogen-bond acceptors (Lipinski definition) is 2. The fraction of sp³-hybridized carbons (Fsp3) is 0. The van der Waals surface area contributed by atoms with Crippen LogP contribution in [0.5, 0.6) is 0 Å². The molecule has 0 fully saturated rings. The number of rotatable bonds is 1. The van der Waals surface area contributed by atoms with E-state index in [-0.39, 0.29) is 0 Å². The number of hydrazine groups is 1. The molecule has 82 valence electrons. The Labute approximate surface area is 79.6 Å². The lowest BCUT2D eigenvalue weighted by atomic mass is 10.1. The van der Waals surface area contributed by atoms with E-state index in [0.29, 0.717) is 0 Å². The van der Waals surface area contributed by atoms with Crippen molar-refractivity contribution in [3.63, 3.8) is 0 Å². The average Bonchev–Trinajstić information content (AvgIpc) is 2.23. The van der Waals surface area contributed by atoms with Crippen molar-refractivity contribution in [2.45, 2.75) is 0 Å². The van der Waals surface area contributed by atoms with Crippen molar-refractivity contribution in [2.24, 2.45) is 5.84 Å². The molecule has 0 aromatic heterocycles. The van der Waals surface area contributed by atoms with Crippen LogP contribution in [0, 0.1) is 29.1 Å². The third-order valence-corrected chi connectivity index (χ3v) is 1.57. The van der Waals surface area contributed by atoms with Crippen molar-refractivity contribution in [3.8, 4) is 0 Å². The minimum atomic E-state index is -2.33. The average molecular weight is 226 g/mol. The van der Waals surface area contributed by atoms with Crippen LogP contribution >= 0.6 is 0 Å². The number of benzene rings is 1. The van der Waals surface area contributed by atoms with E-state index < -0.39 is 40.6 Å². The fourth-order valence-corrected chi connectivity index (χ4v) is 0.876. The van der Waals surface area contributed by atoms with Crippen molar-refractivity contribution in [3.05, 3.63) is 34.6 Å². The van der Waals surface area contributed by atoms with Gasteiger partial charge in [-0.1, -0.05) is 0 Å². The van der Waals surface area contributed by atoms with Gasteiger partial charge in [0.05, 0.1) is 0 Å². The standard InChI is InChI=1S/C7H3F5N2O/c8-2-1(7(15)14-13)3(9)5(11)6(12)4(2)10/h13H2,(H,14,15). The SMILES string of the molecule is NNC(=O)c1c(F)c(F)c(F)c(F)c1F. The molecule has 0 bridgehead atoms. The summed E-state index contributed by atoms with van der Waals surface area (Å²) in [5.41, 5.74) is -0.355. The molecule has 15 heavy (non-hydrogen) atoms. The summed E-state index contributed by atoms with van der Waals surface area (Å²) in [4.78, 5) is 10.7. The van der Waals surface area contributed by atoms with Crippen LogP contribution in [0.3, 0.4) is 0 Å². The molecule has 0 aliphatic carbocycles. The molecule has 8 heteroatoms. The maximum atomic E-state index is 12.8. The Bertz CT molecular complexity index is 405. The van der Waals surface area contributed by atoms with Crippen molar-refractivity contribution < 1.29 is 26.7 Å². The van der Waals surface area contributed by atoms with E-state index in [1.54, 1.807) is 0 Å². The van der Waals surface area contributed by atoms with Gasteiger partial charge in [-0.05, 0) is 0 Å². The maximum Gasteiger partial charge on any atom is 0.271 e. The zero-order valence-electron chi connectivity index (χ0n) is 6.88. The summed E-state index contributed by atoms with van der Waals surface area (Å²) in [5, 5.41) is 0. The Hall–Kier alpha value is -1.70. The predicted molar refractivity (Wildman–Crippen MR) is 37.9 cm³/mol. The minimum absolute atomic E-state index is 1.26. The summed E-state index contributed by atoms with van der Waals surface area (Å²) in [6.45, 7) is 0. The molecule has 1 amide bonds. The number of amides is 1. The van der Waals surface area contributed by atoms with Gasteiger partial charge in [0.25, 0.3) is 5.91 Å². The Balaban J connectivity index is 3.60. The molecule has 1 rings (SSSR count). The first-order valence-electron chi connectivity index (χ1n) is 3.44. The highest BCUT2D eigenvalue weighted by atomic mass is 19.2. The molecule has 3 nitrogen and oxygen atoms in total. The Morgan fingerprint density at radius 1 is 0.867 bits per heavy atom. The van der Waals surface area contributed by atoms with Crippen LogP contribution in [0.1, 0.15) is 10.4 Å². The van der Waals surface area contributed by atoms with Gasteiger partial charge in [-0.25, -0.2) is 27.8 Å². The summed E-state index contributed by atoms with van der Waals surface area (Å²) in [5.74, 6) is -8.29. The molecule has 0 heterocycles. The van der Waals surface area contributed by atoms with Crippen LogP contribution < -0.4 is 11.3 Å². The number of halogens is 5. The zero-order chi connectivity index (χ0) is 11.7. The third-order valence-electron chi connectivity index (χ3n) is 1.57. The summed E-state index contributed by atoms with van der Waals surface area (Å²) in [7, 11) is 0. The number of hydrogen-bond donors (Lipinski definition) is 2. The number of nitrogens with one attached hydrogen (secondary N) is 1. The van der Waals surface area contributed by atoms with Gasteiger partial charge in [0.15, 0.2) is 23.3 Å². The monoisotopic (exact) mass is 226 g/mol. The van der Waals surface area contributed by atoms with Crippen LogP contribution in [-0.4, -0.2) is 5.91 Å². The highest BCUT2D eigenvalue weighted by Crippen LogP contribution is 2.22. The van der Waals surface area contributed by atoms with Crippen molar-refractivity contribution in [1.82, 2.24) is 5.43 Å². The van der Waals surface area contributed by atoms with Crippen molar-refractivity contribution >= 4 is 5.91 Å². The summed E-state index contributed by atoms with van der Waals surface area (Å²) in [6, 6.07) is 0. The molecule has 0 spiro atoms. The molecule has 0 atom stereocenters. The first-order valence-corrected chi connectivity index (χ1v) is 3.44. The first-order chi connectivity index (χ1) is 6.91. The Morgan fingerprint density at radius 2 is 1.20 bits per heavy atom. The van der Waals surface area contributed by atoms with E-state index in [2.05, 4.69) is 5.84 Å². The van der Waals surface area contributed by atoms with Gasteiger partial charge in [-0.2, -0.15) is 0 Å². The van der Waals surface area contributed by atoms with Crippen LogP contribution in [0.25, 0.3) is 0 Å². The molecule has 3 N–H and O–H groups in total. The smallest absolute Gasteiger partial charge is 0.271 e. The molecular formula is C7H3F5N2O. The lowest BCUT2D eigenvalue weighted by molar-refractivity contribution is 0.0942. The largest absolute Gasteiger partial charge is 0.290 e. The van der Waals surface area contributed by atoms with Crippen molar-refractivity contribution in [1.29, 1.82) is 0 Å². The highest BCUT2D eigenvalue weighted by Gasteiger charge is 2.29. The summed E-state index contributed by atoms with van der Waals surface area (Å²) >= 11 is 0. The van der Waals surface area contributed by atoms with Gasteiger partial charge in [0.2, 0.25) is 5.82 Å². The highest BCUT2D eigenvalue weighted by molar-refractivity contribution is 5.94.